The second kappa shape index (κ2) is 5.25. The first-order chi connectivity index (χ1) is 6.80. The van der Waals surface area contributed by atoms with Crippen LogP contribution in [0.25, 0.3) is 0 Å². The highest BCUT2D eigenvalue weighted by atomic mass is 16.5. The molecule has 0 fully saturated rings. The molecule has 0 amide bonds. The van der Waals surface area contributed by atoms with E-state index >= 15 is 0 Å². The molecule has 1 rings (SSSR count). The summed E-state index contributed by atoms with van der Waals surface area (Å²) in [7, 11) is 3.26. The lowest BCUT2D eigenvalue weighted by Crippen LogP contribution is -1.93. The Morgan fingerprint density at radius 2 is 1.93 bits per heavy atom. The van der Waals surface area contributed by atoms with Crippen LogP contribution in [0.15, 0.2) is 18.2 Å². The number of benzene rings is 1. The van der Waals surface area contributed by atoms with E-state index in [9.17, 15) is 0 Å². The molecule has 0 radical (unpaired) electrons. The van der Waals surface area contributed by atoms with Crippen LogP contribution in [0.2, 0.25) is 0 Å². The highest BCUT2D eigenvalue weighted by Gasteiger charge is 2.00. The molecule has 0 atom stereocenters. The second-order valence-electron chi connectivity index (χ2n) is 2.96. The van der Waals surface area contributed by atoms with Gasteiger partial charge in [0.1, 0.15) is 5.75 Å². The number of hydrogen-bond acceptors (Lipinski definition) is 3. The predicted molar refractivity (Wildman–Crippen MR) is 53.0 cm³/mol. The molecule has 3 nitrogen and oxygen atoms in total. The smallest absolute Gasteiger partial charge is 0.119 e. The maximum atomic E-state index is 8.58. The van der Waals surface area contributed by atoms with Gasteiger partial charge >= 0.3 is 0 Å². The van der Waals surface area contributed by atoms with Crippen molar-refractivity contribution in [3.8, 4) is 11.8 Å². The van der Waals surface area contributed by atoms with Crippen LogP contribution in [-0.2, 0) is 17.8 Å². The van der Waals surface area contributed by atoms with Gasteiger partial charge in [-0.25, -0.2) is 0 Å². The summed E-state index contributed by atoms with van der Waals surface area (Å²) in [6.45, 7) is 0.537. The normalized spacial score (nSPS) is 9.50. The van der Waals surface area contributed by atoms with Crippen LogP contribution < -0.4 is 4.74 Å². The van der Waals surface area contributed by atoms with E-state index in [2.05, 4.69) is 6.07 Å². The van der Waals surface area contributed by atoms with Crippen molar-refractivity contribution in [2.24, 2.45) is 0 Å². The summed E-state index contributed by atoms with van der Waals surface area (Å²) in [5, 5.41) is 8.58. The van der Waals surface area contributed by atoms with Crippen molar-refractivity contribution in [3.05, 3.63) is 29.3 Å². The van der Waals surface area contributed by atoms with E-state index in [1.807, 2.05) is 18.2 Å². The standard InChI is InChI=1S/C11H13NO2/c1-13-8-10-5-9(3-4-12)6-11(7-10)14-2/h5-7H,3,8H2,1-2H3. The Balaban J connectivity index is 2.95. The van der Waals surface area contributed by atoms with Crippen molar-refractivity contribution in [2.45, 2.75) is 13.0 Å². The van der Waals surface area contributed by atoms with Crippen LogP contribution in [0.3, 0.4) is 0 Å². The fourth-order valence-corrected chi connectivity index (χ4v) is 1.29. The molecule has 0 N–H and O–H groups in total. The zero-order chi connectivity index (χ0) is 10.4. The van der Waals surface area contributed by atoms with Gasteiger partial charge in [0, 0.05) is 7.11 Å². The average Bonchev–Trinajstić information content (AvgIpc) is 2.18. The quantitative estimate of drug-likeness (QED) is 0.730. The van der Waals surface area contributed by atoms with Crippen molar-refractivity contribution in [3.63, 3.8) is 0 Å². The third kappa shape index (κ3) is 2.75. The first-order valence-electron chi connectivity index (χ1n) is 4.33. The van der Waals surface area contributed by atoms with Gasteiger partial charge in [0.25, 0.3) is 0 Å². The number of ether oxygens (including phenoxy) is 2. The topological polar surface area (TPSA) is 42.2 Å². The van der Waals surface area contributed by atoms with Crippen molar-refractivity contribution in [1.29, 1.82) is 5.26 Å². The number of hydrogen-bond donors (Lipinski definition) is 0. The van der Waals surface area contributed by atoms with E-state index in [1.165, 1.54) is 0 Å². The van der Waals surface area contributed by atoms with E-state index in [0.29, 0.717) is 13.0 Å². The molecule has 0 bridgehead atoms. The van der Waals surface area contributed by atoms with Crippen LogP contribution in [-0.4, -0.2) is 14.2 Å². The Kier molecular flexibility index (Phi) is 3.96. The summed E-state index contributed by atoms with van der Waals surface area (Å²) in [5.74, 6) is 0.768. The molecule has 0 aliphatic carbocycles. The molecule has 14 heavy (non-hydrogen) atoms. The van der Waals surface area contributed by atoms with Crippen molar-refractivity contribution in [2.75, 3.05) is 14.2 Å². The lowest BCUT2D eigenvalue weighted by atomic mass is 10.1. The molecule has 0 unspecified atom stereocenters. The van der Waals surface area contributed by atoms with Crippen molar-refractivity contribution < 1.29 is 9.47 Å². The Morgan fingerprint density at radius 3 is 2.50 bits per heavy atom. The fourth-order valence-electron chi connectivity index (χ4n) is 1.29. The first-order valence-corrected chi connectivity index (χ1v) is 4.33. The number of nitrogens with zero attached hydrogens (tertiary/aromatic N) is 1. The van der Waals surface area contributed by atoms with Gasteiger partial charge in [0.2, 0.25) is 0 Å². The summed E-state index contributed by atoms with van der Waals surface area (Å²) in [4.78, 5) is 0. The Morgan fingerprint density at radius 1 is 1.21 bits per heavy atom. The van der Waals surface area contributed by atoms with E-state index in [-0.39, 0.29) is 0 Å². The number of methoxy groups -OCH3 is 2. The molecule has 3 heteroatoms. The highest BCUT2D eigenvalue weighted by Crippen LogP contribution is 2.17. The highest BCUT2D eigenvalue weighted by molar-refractivity contribution is 5.35. The van der Waals surface area contributed by atoms with Gasteiger partial charge in [0.05, 0.1) is 26.2 Å². The molecule has 1 aromatic carbocycles. The summed E-state index contributed by atoms with van der Waals surface area (Å²) >= 11 is 0. The van der Waals surface area contributed by atoms with Gasteiger partial charge in [-0.15, -0.1) is 0 Å². The van der Waals surface area contributed by atoms with Crippen LogP contribution in [0.4, 0.5) is 0 Å². The number of rotatable bonds is 4. The minimum atomic E-state index is 0.397. The summed E-state index contributed by atoms with van der Waals surface area (Å²) in [6.07, 6.45) is 0.397. The average molecular weight is 191 g/mol. The first kappa shape index (κ1) is 10.6. The van der Waals surface area contributed by atoms with Gasteiger partial charge in [-0.2, -0.15) is 5.26 Å². The molecule has 0 saturated carbocycles. The van der Waals surface area contributed by atoms with E-state index in [0.717, 1.165) is 16.9 Å². The summed E-state index contributed by atoms with van der Waals surface area (Å²) < 4.78 is 10.1. The molecule has 1 aromatic rings. The third-order valence-electron chi connectivity index (χ3n) is 1.86. The van der Waals surface area contributed by atoms with Gasteiger partial charge < -0.3 is 9.47 Å². The fraction of sp³-hybridized carbons (Fsp3) is 0.364. The Bertz CT molecular complexity index is 342. The lowest BCUT2D eigenvalue weighted by Gasteiger charge is -2.06. The van der Waals surface area contributed by atoms with E-state index < -0.39 is 0 Å². The lowest BCUT2D eigenvalue weighted by molar-refractivity contribution is 0.184. The van der Waals surface area contributed by atoms with Crippen LogP contribution in [0.5, 0.6) is 5.75 Å². The number of nitriles is 1. The minimum absolute atomic E-state index is 0.397. The van der Waals surface area contributed by atoms with Crippen LogP contribution >= 0.6 is 0 Å². The largest absolute Gasteiger partial charge is 0.497 e. The monoisotopic (exact) mass is 191 g/mol. The Hall–Kier alpha value is -1.53. The molecule has 0 saturated heterocycles. The molecular formula is C11H13NO2. The van der Waals surface area contributed by atoms with Crippen molar-refractivity contribution in [1.82, 2.24) is 0 Å². The SMILES string of the molecule is COCc1cc(CC#N)cc(OC)c1. The van der Waals surface area contributed by atoms with E-state index in [1.54, 1.807) is 14.2 Å². The third-order valence-corrected chi connectivity index (χ3v) is 1.86. The van der Waals surface area contributed by atoms with Gasteiger partial charge in [-0.1, -0.05) is 6.07 Å². The van der Waals surface area contributed by atoms with Gasteiger partial charge in [-0.05, 0) is 23.3 Å². The molecule has 0 aromatic heterocycles. The van der Waals surface area contributed by atoms with Crippen LogP contribution in [0, 0.1) is 11.3 Å². The minimum Gasteiger partial charge on any atom is -0.497 e. The Labute approximate surface area is 83.9 Å². The molecule has 0 spiro atoms. The molecule has 0 aliphatic rings. The van der Waals surface area contributed by atoms with E-state index in [4.69, 9.17) is 14.7 Å². The van der Waals surface area contributed by atoms with Gasteiger partial charge in [-0.3, -0.25) is 0 Å². The molecule has 74 valence electrons. The maximum Gasteiger partial charge on any atom is 0.119 e. The van der Waals surface area contributed by atoms with Crippen molar-refractivity contribution >= 4 is 0 Å². The summed E-state index contributed by atoms with van der Waals surface area (Å²) in [5.41, 5.74) is 1.98. The maximum absolute atomic E-state index is 8.58. The summed E-state index contributed by atoms with van der Waals surface area (Å²) in [6, 6.07) is 7.83. The molecule has 0 aliphatic heterocycles. The second-order valence-corrected chi connectivity index (χ2v) is 2.96. The molecular weight excluding hydrogens is 178 g/mol. The van der Waals surface area contributed by atoms with Gasteiger partial charge in [0.15, 0.2) is 0 Å². The zero-order valence-corrected chi connectivity index (χ0v) is 8.41. The van der Waals surface area contributed by atoms with Crippen LogP contribution in [0.1, 0.15) is 11.1 Å². The predicted octanol–water partition coefficient (Wildman–Crippen LogP) is 1.91. The zero-order valence-electron chi connectivity index (χ0n) is 8.41. The molecule has 0 heterocycles.